The summed E-state index contributed by atoms with van der Waals surface area (Å²) in [5.41, 5.74) is 3.97. The summed E-state index contributed by atoms with van der Waals surface area (Å²) in [6, 6.07) is 14.8. The van der Waals surface area contributed by atoms with Crippen LogP contribution in [0.25, 0.3) is 11.3 Å². The van der Waals surface area contributed by atoms with Crippen LogP contribution in [0.3, 0.4) is 0 Å². The number of ether oxygens (including phenoxy) is 2. The Balaban J connectivity index is 1.64. The Hall–Kier alpha value is -4.14. The lowest BCUT2D eigenvalue weighted by Crippen LogP contribution is -2.05. The van der Waals surface area contributed by atoms with Gasteiger partial charge in [0, 0.05) is 5.56 Å². The number of hydrogen-bond donors (Lipinski definition) is 1. The van der Waals surface area contributed by atoms with Crippen LogP contribution in [0.1, 0.15) is 35.9 Å². The first kappa shape index (κ1) is 22.5. The van der Waals surface area contributed by atoms with Gasteiger partial charge in [-0.2, -0.15) is 5.10 Å². The molecular weight excluding hydrogens is 414 g/mol. The summed E-state index contributed by atoms with van der Waals surface area (Å²) in [4.78, 5) is 22.7. The molecule has 0 saturated heterocycles. The molecule has 0 radical (unpaired) electrons. The number of nitrogens with zero attached hydrogens (tertiary/aromatic N) is 2. The second kappa shape index (κ2) is 10.8. The number of carbonyl (C=O) groups is 1. The molecule has 166 valence electrons. The number of methoxy groups -OCH3 is 1. The zero-order valence-corrected chi connectivity index (χ0v) is 17.7. The number of nitro benzene ring substituents is 1. The lowest BCUT2D eigenvalue weighted by Gasteiger charge is -2.04. The Bertz CT molecular complexity index is 1110. The summed E-state index contributed by atoms with van der Waals surface area (Å²) in [5.74, 6) is 1.07. The van der Waals surface area contributed by atoms with E-state index >= 15 is 0 Å². The van der Waals surface area contributed by atoms with Gasteiger partial charge in [0.05, 0.1) is 36.5 Å². The molecule has 0 aliphatic heterocycles. The van der Waals surface area contributed by atoms with E-state index in [1.54, 1.807) is 42.5 Å². The maximum Gasteiger partial charge on any atom is 0.338 e. The van der Waals surface area contributed by atoms with E-state index in [1.165, 1.54) is 25.5 Å². The van der Waals surface area contributed by atoms with Crippen molar-refractivity contribution in [1.29, 1.82) is 0 Å². The summed E-state index contributed by atoms with van der Waals surface area (Å²) in [6.45, 7) is 2.44. The SMILES string of the molecule is CCCCOC(=O)c1ccc(-c2ccc(/C=N\Nc3ccc(OC)cc3[N+](=O)[O-])o2)cc1. The molecule has 0 atom stereocenters. The third kappa shape index (κ3) is 5.72. The first-order chi connectivity index (χ1) is 15.5. The number of nitrogens with one attached hydrogen (secondary N) is 1. The Morgan fingerprint density at radius 3 is 2.66 bits per heavy atom. The molecule has 0 spiro atoms. The van der Waals surface area contributed by atoms with Crippen LogP contribution in [0.4, 0.5) is 11.4 Å². The van der Waals surface area contributed by atoms with Gasteiger partial charge in [0.2, 0.25) is 0 Å². The van der Waals surface area contributed by atoms with E-state index in [9.17, 15) is 14.9 Å². The largest absolute Gasteiger partial charge is 0.496 e. The fraction of sp³-hybridized carbons (Fsp3) is 0.217. The van der Waals surface area contributed by atoms with Gasteiger partial charge in [-0.05, 0) is 42.8 Å². The molecule has 0 aliphatic rings. The number of rotatable bonds is 10. The summed E-state index contributed by atoms with van der Waals surface area (Å²) in [5, 5.41) is 15.2. The standard InChI is InChI=1S/C23H23N3O6/c1-3-4-13-31-23(27)17-7-5-16(6-8-17)22-12-10-19(32-22)15-24-25-20-11-9-18(30-2)14-21(20)26(28)29/h5-12,14-15,25H,3-4,13H2,1-2H3/b24-15-. The van der Waals surface area contributed by atoms with Crippen molar-refractivity contribution < 1.29 is 23.6 Å². The van der Waals surface area contributed by atoms with Crippen LogP contribution >= 0.6 is 0 Å². The molecule has 3 rings (SSSR count). The van der Waals surface area contributed by atoms with E-state index in [1.807, 2.05) is 6.92 Å². The second-order valence-electron chi connectivity index (χ2n) is 6.78. The number of nitro groups is 1. The minimum atomic E-state index is -0.519. The Morgan fingerprint density at radius 1 is 1.19 bits per heavy atom. The van der Waals surface area contributed by atoms with Crippen molar-refractivity contribution in [3.05, 3.63) is 76.0 Å². The van der Waals surface area contributed by atoms with Gasteiger partial charge in [-0.25, -0.2) is 4.79 Å². The number of carbonyl (C=O) groups excluding carboxylic acids is 1. The van der Waals surface area contributed by atoms with E-state index < -0.39 is 4.92 Å². The van der Waals surface area contributed by atoms with Gasteiger partial charge in [-0.15, -0.1) is 0 Å². The number of unbranched alkanes of at least 4 members (excludes halogenated alkanes) is 1. The van der Waals surface area contributed by atoms with E-state index in [0.29, 0.717) is 29.4 Å². The van der Waals surface area contributed by atoms with Crippen LogP contribution in [0.2, 0.25) is 0 Å². The molecule has 1 heterocycles. The minimum absolute atomic E-state index is 0.157. The van der Waals surface area contributed by atoms with Crippen molar-refractivity contribution in [1.82, 2.24) is 0 Å². The van der Waals surface area contributed by atoms with Gasteiger partial charge in [0.25, 0.3) is 5.69 Å². The summed E-state index contributed by atoms with van der Waals surface area (Å²) < 4.78 is 16.0. The Kier molecular flexibility index (Phi) is 7.58. The van der Waals surface area contributed by atoms with Crippen molar-refractivity contribution in [3.63, 3.8) is 0 Å². The normalized spacial score (nSPS) is 10.8. The molecule has 32 heavy (non-hydrogen) atoms. The highest BCUT2D eigenvalue weighted by Gasteiger charge is 2.14. The number of esters is 1. The van der Waals surface area contributed by atoms with Gasteiger partial charge in [-0.3, -0.25) is 15.5 Å². The molecule has 1 aromatic heterocycles. The number of furan rings is 1. The van der Waals surface area contributed by atoms with Crippen molar-refractivity contribution in [2.45, 2.75) is 19.8 Å². The van der Waals surface area contributed by atoms with E-state index in [4.69, 9.17) is 13.9 Å². The van der Waals surface area contributed by atoms with Crippen molar-refractivity contribution in [2.75, 3.05) is 19.1 Å². The van der Waals surface area contributed by atoms with E-state index in [0.717, 1.165) is 18.4 Å². The topological polar surface area (TPSA) is 116 Å². The van der Waals surface area contributed by atoms with Crippen LogP contribution < -0.4 is 10.2 Å². The van der Waals surface area contributed by atoms with Crippen molar-refractivity contribution >= 4 is 23.6 Å². The molecule has 0 unspecified atom stereocenters. The summed E-state index contributed by atoms with van der Waals surface area (Å²) in [7, 11) is 1.44. The first-order valence-corrected chi connectivity index (χ1v) is 10.0. The molecule has 0 bridgehead atoms. The smallest absolute Gasteiger partial charge is 0.338 e. The van der Waals surface area contributed by atoms with Crippen molar-refractivity contribution in [2.24, 2.45) is 5.10 Å². The number of benzene rings is 2. The third-order valence-electron chi connectivity index (χ3n) is 4.54. The second-order valence-corrected chi connectivity index (χ2v) is 6.78. The van der Waals surface area contributed by atoms with Crippen LogP contribution in [0.5, 0.6) is 5.75 Å². The number of anilines is 1. The van der Waals surface area contributed by atoms with Gasteiger partial charge in [-0.1, -0.05) is 25.5 Å². The molecule has 1 N–H and O–H groups in total. The third-order valence-corrected chi connectivity index (χ3v) is 4.54. The monoisotopic (exact) mass is 437 g/mol. The maximum absolute atomic E-state index is 12.0. The highest BCUT2D eigenvalue weighted by atomic mass is 16.6. The number of hydrogen-bond acceptors (Lipinski definition) is 8. The van der Waals surface area contributed by atoms with Crippen LogP contribution in [0.15, 0.2) is 64.1 Å². The van der Waals surface area contributed by atoms with Crippen LogP contribution in [-0.2, 0) is 4.74 Å². The highest BCUT2D eigenvalue weighted by molar-refractivity contribution is 5.90. The van der Waals surface area contributed by atoms with Crippen LogP contribution in [-0.4, -0.2) is 30.8 Å². The molecular formula is C23H23N3O6. The molecule has 9 heteroatoms. The molecule has 0 saturated carbocycles. The van der Waals surface area contributed by atoms with Gasteiger partial charge in [0.15, 0.2) is 0 Å². The van der Waals surface area contributed by atoms with Gasteiger partial charge in [0.1, 0.15) is 23.0 Å². The Labute approximate surface area is 184 Å². The predicted molar refractivity (Wildman–Crippen MR) is 120 cm³/mol. The average molecular weight is 437 g/mol. The molecule has 9 nitrogen and oxygen atoms in total. The molecule has 2 aromatic carbocycles. The van der Waals surface area contributed by atoms with Gasteiger partial charge >= 0.3 is 5.97 Å². The molecule has 0 fully saturated rings. The van der Waals surface area contributed by atoms with Crippen LogP contribution in [0, 0.1) is 10.1 Å². The Morgan fingerprint density at radius 2 is 1.97 bits per heavy atom. The molecule has 3 aromatic rings. The first-order valence-electron chi connectivity index (χ1n) is 10.0. The summed E-state index contributed by atoms with van der Waals surface area (Å²) >= 11 is 0. The quantitative estimate of drug-likeness (QED) is 0.151. The average Bonchev–Trinajstić information content (AvgIpc) is 3.28. The minimum Gasteiger partial charge on any atom is -0.496 e. The maximum atomic E-state index is 12.0. The van der Waals surface area contributed by atoms with Gasteiger partial charge < -0.3 is 13.9 Å². The highest BCUT2D eigenvalue weighted by Crippen LogP contribution is 2.29. The lowest BCUT2D eigenvalue weighted by molar-refractivity contribution is -0.384. The van der Waals surface area contributed by atoms with E-state index in [-0.39, 0.29) is 17.3 Å². The zero-order chi connectivity index (χ0) is 22.9. The summed E-state index contributed by atoms with van der Waals surface area (Å²) in [6.07, 6.45) is 3.21. The fourth-order valence-electron chi connectivity index (χ4n) is 2.79. The molecule has 0 aliphatic carbocycles. The zero-order valence-electron chi connectivity index (χ0n) is 17.7. The predicted octanol–water partition coefficient (Wildman–Crippen LogP) is 5.27. The van der Waals surface area contributed by atoms with E-state index in [2.05, 4.69) is 10.5 Å². The van der Waals surface area contributed by atoms with Crippen molar-refractivity contribution in [3.8, 4) is 17.1 Å². The molecule has 0 amide bonds. The lowest BCUT2D eigenvalue weighted by atomic mass is 10.1. The number of hydrazone groups is 1. The fourth-order valence-corrected chi connectivity index (χ4v) is 2.79.